The molecule has 0 aliphatic rings. The van der Waals surface area contributed by atoms with Gasteiger partial charge in [0.25, 0.3) is 0 Å². The van der Waals surface area contributed by atoms with E-state index in [0.29, 0.717) is 0 Å². The first-order valence-corrected chi connectivity index (χ1v) is 4.62. The maximum atomic E-state index is 11.2. The van der Waals surface area contributed by atoms with Crippen LogP contribution in [0.25, 0.3) is 0 Å². The van der Waals surface area contributed by atoms with Gasteiger partial charge in [-0.15, -0.1) is 5.10 Å². The highest BCUT2D eigenvalue weighted by molar-refractivity contribution is 5.84. The van der Waals surface area contributed by atoms with Crippen molar-refractivity contribution in [2.75, 3.05) is 12.4 Å². The van der Waals surface area contributed by atoms with E-state index >= 15 is 0 Å². The first kappa shape index (κ1) is 12.0. The Morgan fingerprint density at radius 2 is 2.31 bits per heavy atom. The number of rotatable bonds is 4. The standard InChI is InChI=1S/C8H13N5O3/c1-5(8(14)9-2)10-7-6(13(15)16)4-12(3)11-7/h4-5H,1-3H3,(H,9,14)(H,10,11). The van der Waals surface area contributed by atoms with E-state index in [-0.39, 0.29) is 17.4 Å². The smallest absolute Gasteiger partial charge is 0.330 e. The minimum absolute atomic E-state index is 0.0867. The molecular formula is C8H13N5O3. The normalized spacial score (nSPS) is 11.9. The Morgan fingerprint density at radius 1 is 1.69 bits per heavy atom. The van der Waals surface area contributed by atoms with Crippen molar-refractivity contribution < 1.29 is 9.72 Å². The number of carbonyl (C=O) groups is 1. The molecule has 0 aromatic carbocycles. The third kappa shape index (κ3) is 2.47. The number of aromatic nitrogens is 2. The molecular weight excluding hydrogens is 214 g/mol. The lowest BCUT2D eigenvalue weighted by molar-refractivity contribution is -0.384. The van der Waals surface area contributed by atoms with Gasteiger partial charge >= 0.3 is 5.69 Å². The lowest BCUT2D eigenvalue weighted by atomic mass is 10.3. The third-order valence-corrected chi connectivity index (χ3v) is 2.00. The van der Waals surface area contributed by atoms with Gasteiger partial charge in [-0.2, -0.15) is 0 Å². The molecule has 8 nitrogen and oxygen atoms in total. The number of likely N-dealkylation sites (N-methyl/N-ethyl adjacent to an activating group) is 1. The zero-order valence-corrected chi connectivity index (χ0v) is 9.22. The van der Waals surface area contributed by atoms with E-state index < -0.39 is 11.0 Å². The molecule has 8 heteroatoms. The highest BCUT2D eigenvalue weighted by Crippen LogP contribution is 2.21. The van der Waals surface area contributed by atoms with Crippen LogP contribution in [-0.4, -0.2) is 33.7 Å². The van der Waals surface area contributed by atoms with Crippen molar-refractivity contribution in [1.82, 2.24) is 15.1 Å². The van der Waals surface area contributed by atoms with Crippen molar-refractivity contribution in [1.29, 1.82) is 0 Å². The highest BCUT2D eigenvalue weighted by Gasteiger charge is 2.21. The van der Waals surface area contributed by atoms with Crippen molar-refractivity contribution in [3.05, 3.63) is 16.3 Å². The Balaban J connectivity index is 2.88. The van der Waals surface area contributed by atoms with Crippen molar-refractivity contribution in [3.8, 4) is 0 Å². The van der Waals surface area contributed by atoms with Gasteiger partial charge in [0.1, 0.15) is 12.2 Å². The zero-order valence-electron chi connectivity index (χ0n) is 9.22. The molecule has 0 saturated carbocycles. The van der Waals surface area contributed by atoms with E-state index in [1.807, 2.05) is 0 Å². The average Bonchev–Trinajstić information content (AvgIpc) is 2.58. The molecule has 16 heavy (non-hydrogen) atoms. The lowest BCUT2D eigenvalue weighted by Crippen LogP contribution is -2.35. The summed E-state index contributed by atoms with van der Waals surface area (Å²) in [6.07, 6.45) is 1.28. The van der Waals surface area contributed by atoms with E-state index in [4.69, 9.17) is 0 Å². The molecule has 1 amide bonds. The van der Waals surface area contributed by atoms with Crippen LogP contribution >= 0.6 is 0 Å². The molecule has 1 aromatic heterocycles. The molecule has 0 saturated heterocycles. The number of aryl methyl sites for hydroxylation is 1. The van der Waals surface area contributed by atoms with Gasteiger partial charge in [0.15, 0.2) is 0 Å². The number of nitrogens with zero attached hydrogens (tertiary/aromatic N) is 3. The Labute approximate surface area is 91.8 Å². The number of anilines is 1. The number of nitrogens with one attached hydrogen (secondary N) is 2. The van der Waals surface area contributed by atoms with Crippen molar-refractivity contribution >= 4 is 17.4 Å². The van der Waals surface area contributed by atoms with Gasteiger partial charge < -0.3 is 10.6 Å². The number of nitro groups is 1. The molecule has 0 fully saturated rings. The maximum absolute atomic E-state index is 11.2. The molecule has 0 aliphatic heterocycles. The maximum Gasteiger partial charge on any atom is 0.330 e. The van der Waals surface area contributed by atoms with E-state index in [9.17, 15) is 14.9 Å². The van der Waals surface area contributed by atoms with Gasteiger partial charge in [0.2, 0.25) is 11.7 Å². The first-order valence-electron chi connectivity index (χ1n) is 4.62. The van der Waals surface area contributed by atoms with Gasteiger partial charge in [0, 0.05) is 14.1 Å². The Hall–Kier alpha value is -2.12. The summed E-state index contributed by atoms with van der Waals surface area (Å²) in [4.78, 5) is 21.3. The van der Waals surface area contributed by atoms with Gasteiger partial charge in [-0.05, 0) is 6.92 Å². The second kappa shape index (κ2) is 4.60. The number of carbonyl (C=O) groups excluding carboxylic acids is 1. The monoisotopic (exact) mass is 227 g/mol. The molecule has 0 aliphatic carbocycles. The second-order valence-electron chi connectivity index (χ2n) is 3.27. The summed E-state index contributed by atoms with van der Waals surface area (Å²) < 4.78 is 1.32. The zero-order chi connectivity index (χ0) is 12.3. The minimum Gasteiger partial charge on any atom is -0.357 e. The van der Waals surface area contributed by atoms with Gasteiger partial charge in [0.05, 0.1) is 4.92 Å². The van der Waals surface area contributed by atoms with Crippen LogP contribution in [0.4, 0.5) is 11.5 Å². The summed E-state index contributed by atoms with van der Waals surface area (Å²) in [5.74, 6) is -0.177. The number of hydrogen-bond acceptors (Lipinski definition) is 5. The average molecular weight is 227 g/mol. The molecule has 0 spiro atoms. The predicted molar refractivity (Wildman–Crippen MR) is 57.0 cm³/mol. The number of amides is 1. The van der Waals surface area contributed by atoms with Crippen LogP contribution in [0.2, 0.25) is 0 Å². The van der Waals surface area contributed by atoms with Crippen molar-refractivity contribution in [2.24, 2.45) is 7.05 Å². The third-order valence-electron chi connectivity index (χ3n) is 2.00. The van der Waals surface area contributed by atoms with E-state index in [1.54, 1.807) is 14.0 Å². The van der Waals surface area contributed by atoms with Crippen LogP contribution in [0, 0.1) is 10.1 Å². The Bertz CT molecular complexity index is 414. The molecule has 1 atom stereocenters. The van der Waals surface area contributed by atoms with Crippen molar-refractivity contribution in [2.45, 2.75) is 13.0 Å². The van der Waals surface area contributed by atoms with Gasteiger partial charge in [-0.1, -0.05) is 0 Å². The minimum atomic E-state index is -0.585. The second-order valence-corrected chi connectivity index (χ2v) is 3.27. The molecule has 88 valence electrons. The quantitative estimate of drug-likeness (QED) is 0.551. The van der Waals surface area contributed by atoms with Crippen LogP contribution in [0.1, 0.15) is 6.92 Å². The largest absolute Gasteiger partial charge is 0.357 e. The fourth-order valence-electron chi connectivity index (χ4n) is 1.20. The van der Waals surface area contributed by atoms with Gasteiger partial charge in [-0.3, -0.25) is 19.6 Å². The van der Waals surface area contributed by atoms with E-state index in [2.05, 4.69) is 15.7 Å². The van der Waals surface area contributed by atoms with E-state index in [0.717, 1.165) is 0 Å². The molecule has 0 radical (unpaired) electrons. The molecule has 1 heterocycles. The van der Waals surface area contributed by atoms with Crippen LogP contribution in [0.5, 0.6) is 0 Å². The van der Waals surface area contributed by atoms with Crippen LogP contribution in [-0.2, 0) is 11.8 Å². The first-order chi connectivity index (χ1) is 7.45. The molecule has 1 aromatic rings. The van der Waals surface area contributed by atoms with Crippen LogP contribution in [0.15, 0.2) is 6.20 Å². The molecule has 1 unspecified atom stereocenters. The molecule has 1 rings (SSSR count). The van der Waals surface area contributed by atoms with E-state index in [1.165, 1.54) is 17.9 Å². The van der Waals surface area contributed by atoms with Crippen LogP contribution in [0.3, 0.4) is 0 Å². The van der Waals surface area contributed by atoms with Gasteiger partial charge in [-0.25, -0.2) is 0 Å². The van der Waals surface area contributed by atoms with Crippen LogP contribution < -0.4 is 10.6 Å². The molecule has 2 N–H and O–H groups in total. The fraction of sp³-hybridized carbons (Fsp3) is 0.500. The lowest BCUT2D eigenvalue weighted by Gasteiger charge is -2.10. The summed E-state index contributed by atoms with van der Waals surface area (Å²) in [6, 6.07) is -0.585. The fourth-order valence-corrected chi connectivity index (χ4v) is 1.20. The SMILES string of the molecule is CNC(=O)C(C)Nc1nn(C)cc1[N+](=O)[O-]. The summed E-state index contributed by atoms with van der Waals surface area (Å²) >= 11 is 0. The summed E-state index contributed by atoms with van der Waals surface area (Å²) in [5.41, 5.74) is -0.154. The Kier molecular flexibility index (Phi) is 3.44. The van der Waals surface area contributed by atoms with Crippen molar-refractivity contribution in [3.63, 3.8) is 0 Å². The summed E-state index contributed by atoms with van der Waals surface area (Å²) in [5, 5.41) is 19.7. The summed E-state index contributed by atoms with van der Waals surface area (Å²) in [6.45, 7) is 1.59. The summed E-state index contributed by atoms with van der Waals surface area (Å²) in [7, 11) is 3.07. The Morgan fingerprint density at radius 3 is 2.81 bits per heavy atom. The highest BCUT2D eigenvalue weighted by atomic mass is 16.6. The molecule has 0 bridgehead atoms. The topological polar surface area (TPSA) is 102 Å². The predicted octanol–water partition coefficient (Wildman–Crippen LogP) is -0.125. The number of hydrogen-bond donors (Lipinski definition) is 2.